The molecule has 0 aliphatic carbocycles. The van der Waals surface area contributed by atoms with E-state index in [0.717, 1.165) is 28.6 Å². The molecule has 3 N–H and O–H groups in total. The maximum absolute atomic E-state index is 12.7. The monoisotopic (exact) mass is 396 g/mol. The van der Waals surface area contributed by atoms with Gasteiger partial charge in [0, 0.05) is 29.4 Å². The van der Waals surface area contributed by atoms with Crippen molar-refractivity contribution in [3.8, 4) is 11.3 Å². The van der Waals surface area contributed by atoms with Crippen molar-refractivity contribution in [2.45, 2.75) is 19.4 Å². The van der Waals surface area contributed by atoms with Crippen LogP contribution < -0.4 is 5.32 Å². The van der Waals surface area contributed by atoms with Crippen molar-refractivity contribution in [2.24, 2.45) is 0 Å². The van der Waals surface area contributed by atoms with Gasteiger partial charge in [0.2, 0.25) is 5.82 Å². The van der Waals surface area contributed by atoms with Gasteiger partial charge in [-0.1, -0.05) is 30.3 Å². The Labute approximate surface area is 172 Å². The molecule has 0 aliphatic heterocycles. The van der Waals surface area contributed by atoms with Gasteiger partial charge in [0.15, 0.2) is 0 Å². The van der Waals surface area contributed by atoms with E-state index in [1.165, 1.54) is 5.56 Å². The van der Waals surface area contributed by atoms with E-state index in [9.17, 15) is 4.79 Å². The highest BCUT2D eigenvalue weighted by Crippen LogP contribution is 2.28. The van der Waals surface area contributed by atoms with Crippen LogP contribution in [0, 0.1) is 0 Å². The third-order valence-electron chi connectivity index (χ3n) is 5.09. The second kappa shape index (κ2) is 7.44. The predicted octanol–water partition coefficient (Wildman–Crippen LogP) is 3.86. The molecule has 0 aliphatic rings. The van der Waals surface area contributed by atoms with Crippen LogP contribution in [0.4, 0.5) is 0 Å². The number of aromatic nitrogens is 5. The quantitative estimate of drug-likeness (QED) is 0.420. The predicted molar refractivity (Wildman–Crippen MR) is 116 cm³/mol. The smallest absolute Gasteiger partial charge is 0.289 e. The summed E-state index contributed by atoms with van der Waals surface area (Å²) < 4.78 is 0. The molecular weight excluding hydrogens is 376 g/mol. The largest absolute Gasteiger partial charge is 0.347 e. The van der Waals surface area contributed by atoms with Crippen molar-refractivity contribution in [1.29, 1.82) is 0 Å². The number of aromatic amines is 2. The Bertz CT molecular complexity index is 1320. The lowest BCUT2D eigenvalue weighted by molar-refractivity contribution is 0.0931. The number of hydrogen-bond donors (Lipinski definition) is 3. The molecule has 30 heavy (non-hydrogen) atoms. The number of pyridine rings is 1. The number of rotatable bonds is 5. The summed E-state index contributed by atoms with van der Waals surface area (Å²) in [5.74, 6) is -0.0776. The summed E-state index contributed by atoms with van der Waals surface area (Å²) >= 11 is 0. The molecule has 5 rings (SSSR count). The number of nitrogens with zero attached hydrogens (tertiary/aromatic N) is 3. The van der Waals surface area contributed by atoms with E-state index in [2.05, 4.69) is 42.6 Å². The molecule has 1 unspecified atom stereocenters. The molecule has 1 amide bonds. The second-order valence-corrected chi connectivity index (χ2v) is 7.36. The van der Waals surface area contributed by atoms with Crippen molar-refractivity contribution in [3.63, 3.8) is 0 Å². The van der Waals surface area contributed by atoms with Gasteiger partial charge >= 0.3 is 0 Å². The summed E-state index contributed by atoms with van der Waals surface area (Å²) in [6.07, 6.45) is 4.25. The van der Waals surface area contributed by atoms with E-state index in [1.54, 1.807) is 12.4 Å². The molecule has 0 fully saturated rings. The summed E-state index contributed by atoms with van der Waals surface area (Å²) in [6.45, 7) is 1.98. The molecule has 7 heteroatoms. The van der Waals surface area contributed by atoms with Gasteiger partial charge in [-0.05, 0) is 43.2 Å². The van der Waals surface area contributed by atoms with Crippen LogP contribution in [0.5, 0.6) is 0 Å². The molecule has 0 saturated heterocycles. The first-order valence-electron chi connectivity index (χ1n) is 9.80. The average Bonchev–Trinajstić information content (AvgIpc) is 3.36. The molecule has 0 saturated carbocycles. The first kappa shape index (κ1) is 18.1. The van der Waals surface area contributed by atoms with Gasteiger partial charge in [-0.15, -0.1) is 0 Å². The number of amides is 1. The van der Waals surface area contributed by atoms with Gasteiger partial charge in [0.25, 0.3) is 5.91 Å². The Morgan fingerprint density at radius 2 is 1.73 bits per heavy atom. The topological polar surface area (TPSA) is 99.3 Å². The van der Waals surface area contributed by atoms with E-state index in [4.69, 9.17) is 0 Å². The van der Waals surface area contributed by atoms with Crippen LogP contribution in [0.15, 0.2) is 67.0 Å². The zero-order chi connectivity index (χ0) is 20.5. The minimum absolute atomic E-state index is 0.0241. The molecule has 0 spiro atoms. The maximum Gasteiger partial charge on any atom is 0.289 e. The van der Waals surface area contributed by atoms with Crippen molar-refractivity contribution in [1.82, 2.24) is 30.5 Å². The lowest BCUT2D eigenvalue weighted by atomic mass is 10.1. The summed E-state index contributed by atoms with van der Waals surface area (Å²) in [4.78, 5) is 25.7. The molecule has 2 aromatic carbocycles. The average molecular weight is 396 g/mol. The fourth-order valence-corrected chi connectivity index (χ4v) is 3.67. The summed E-state index contributed by atoms with van der Waals surface area (Å²) in [5, 5.41) is 10.3. The van der Waals surface area contributed by atoms with Crippen LogP contribution in [0.25, 0.3) is 33.2 Å². The van der Waals surface area contributed by atoms with Gasteiger partial charge in [-0.2, -0.15) is 0 Å². The Morgan fingerprint density at radius 1 is 1.00 bits per heavy atom. The number of H-pyrrole nitrogens is 2. The first-order chi connectivity index (χ1) is 14.7. The summed E-state index contributed by atoms with van der Waals surface area (Å²) in [7, 11) is 0. The molecule has 7 nitrogen and oxygen atoms in total. The molecule has 148 valence electrons. The lowest BCUT2D eigenvalue weighted by Crippen LogP contribution is -2.34. The molecule has 0 radical (unpaired) electrons. The standard InChI is InChI=1S/C23H20N6O/c1-14(11-15-5-3-2-4-6-15)25-23(30)22-26-19-12-17-18(13-20(19)27-22)28-29-21(17)16-7-9-24-10-8-16/h2-10,12-14,28-29H,11H2,1H3,(H,25,30). The Hall–Kier alpha value is -4.00. The molecule has 3 heterocycles. The highest BCUT2D eigenvalue weighted by atomic mass is 16.2. The van der Waals surface area contributed by atoms with E-state index in [1.807, 2.05) is 49.4 Å². The van der Waals surface area contributed by atoms with E-state index >= 15 is 0 Å². The van der Waals surface area contributed by atoms with Crippen LogP contribution in [-0.2, 0) is 6.42 Å². The Balaban J connectivity index is 1.41. The van der Waals surface area contributed by atoms with Crippen LogP contribution in [0.3, 0.4) is 0 Å². The fourth-order valence-electron chi connectivity index (χ4n) is 3.67. The molecule has 5 aromatic rings. The van der Waals surface area contributed by atoms with Crippen LogP contribution in [0.2, 0.25) is 0 Å². The zero-order valence-electron chi connectivity index (χ0n) is 16.4. The van der Waals surface area contributed by atoms with Crippen molar-refractivity contribution < 1.29 is 4.79 Å². The third kappa shape index (κ3) is 3.41. The van der Waals surface area contributed by atoms with Crippen LogP contribution >= 0.6 is 0 Å². The number of carbonyl (C=O) groups excluding carboxylic acids is 1. The minimum Gasteiger partial charge on any atom is -0.347 e. The van der Waals surface area contributed by atoms with Crippen molar-refractivity contribution in [2.75, 3.05) is 0 Å². The Kier molecular flexibility index (Phi) is 4.48. The van der Waals surface area contributed by atoms with Gasteiger partial charge in [-0.3, -0.25) is 14.9 Å². The van der Waals surface area contributed by atoms with Crippen LogP contribution in [-0.4, -0.2) is 37.1 Å². The molecule has 3 aromatic heterocycles. The minimum atomic E-state index is -0.265. The van der Waals surface area contributed by atoms with Crippen molar-refractivity contribution in [3.05, 3.63) is 78.4 Å². The van der Waals surface area contributed by atoms with Gasteiger partial charge in [0.05, 0.1) is 22.2 Å². The van der Waals surface area contributed by atoms with E-state index in [0.29, 0.717) is 11.0 Å². The number of hydrogen-bond acceptors (Lipinski definition) is 4. The van der Waals surface area contributed by atoms with Crippen LogP contribution in [0.1, 0.15) is 23.1 Å². The SMILES string of the molecule is CC(Cc1ccccc1)NC(=O)c1nc2cc3[nH][nH]c(-c4ccncc4)c3cc2n1. The fraction of sp³-hybridized carbons (Fsp3) is 0.130. The number of nitrogens with one attached hydrogen (secondary N) is 3. The normalized spacial score (nSPS) is 12.3. The zero-order valence-corrected chi connectivity index (χ0v) is 16.4. The molecule has 0 bridgehead atoms. The maximum atomic E-state index is 12.7. The number of fused-ring (bicyclic) bond motifs is 2. The lowest BCUT2D eigenvalue weighted by Gasteiger charge is -2.12. The summed E-state index contributed by atoms with van der Waals surface area (Å²) in [5.41, 5.74) is 5.40. The first-order valence-corrected chi connectivity index (χ1v) is 9.80. The van der Waals surface area contributed by atoms with Gasteiger partial charge in [-0.25, -0.2) is 9.97 Å². The highest BCUT2D eigenvalue weighted by Gasteiger charge is 2.17. The second-order valence-electron chi connectivity index (χ2n) is 7.36. The van der Waals surface area contributed by atoms with Gasteiger partial charge in [0.1, 0.15) is 0 Å². The molecule has 1 atom stereocenters. The molecular formula is C23H20N6O. The highest BCUT2D eigenvalue weighted by molar-refractivity contribution is 6.02. The number of imidazole rings is 1. The van der Waals surface area contributed by atoms with Crippen molar-refractivity contribution >= 4 is 27.8 Å². The Morgan fingerprint density at radius 3 is 2.50 bits per heavy atom. The third-order valence-corrected chi connectivity index (χ3v) is 5.09. The van der Waals surface area contributed by atoms with E-state index < -0.39 is 0 Å². The van der Waals surface area contributed by atoms with E-state index in [-0.39, 0.29) is 17.8 Å². The van der Waals surface area contributed by atoms with Gasteiger partial charge < -0.3 is 10.4 Å². The number of carbonyl (C=O) groups is 1. The number of benzene rings is 2. The summed E-state index contributed by atoms with van der Waals surface area (Å²) in [6, 6.07) is 17.8.